The molecule has 0 spiro atoms. The van der Waals surface area contributed by atoms with E-state index in [9.17, 15) is 9.18 Å². The van der Waals surface area contributed by atoms with Gasteiger partial charge in [0.05, 0.1) is 13.7 Å². The Bertz CT molecular complexity index is 547. The summed E-state index contributed by atoms with van der Waals surface area (Å²) in [6.07, 6.45) is 4.83. The summed E-state index contributed by atoms with van der Waals surface area (Å²) in [7, 11) is 1.44. The van der Waals surface area contributed by atoms with Crippen molar-refractivity contribution in [2.24, 2.45) is 0 Å². The maximum Gasteiger partial charge on any atom is 0.165 e. The average Bonchev–Trinajstić information content (AvgIpc) is 2.39. The maximum absolute atomic E-state index is 13.8. The number of carbonyl (C=O) groups is 1. The van der Waals surface area contributed by atoms with Gasteiger partial charge in [0, 0.05) is 17.8 Å². The van der Waals surface area contributed by atoms with Gasteiger partial charge in [-0.05, 0) is 30.7 Å². The molecule has 0 fully saturated rings. The smallest absolute Gasteiger partial charge is 0.165 e. The van der Waals surface area contributed by atoms with E-state index in [0.29, 0.717) is 13.1 Å². The molecule has 0 aromatic heterocycles. The molecule has 0 radical (unpaired) electrons. The van der Waals surface area contributed by atoms with Crippen molar-refractivity contribution in [2.75, 3.05) is 20.2 Å². The molecule has 0 aliphatic carbocycles. The number of aldehydes is 1. The fourth-order valence-corrected chi connectivity index (χ4v) is 2.26. The maximum atomic E-state index is 13.8. The Balaban J connectivity index is 2.44. The van der Waals surface area contributed by atoms with Crippen LogP contribution < -0.4 is 4.74 Å². The van der Waals surface area contributed by atoms with Gasteiger partial charge in [-0.2, -0.15) is 0 Å². The van der Waals surface area contributed by atoms with E-state index in [4.69, 9.17) is 4.74 Å². The zero-order valence-corrected chi connectivity index (χ0v) is 11.0. The minimum atomic E-state index is -0.402. The summed E-state index contributed by atoms with van der Waals surface area (Å²) in [5.74, 6) is -0.184. The lowest BCUT2D eigenvalue weighted by Crippen LogP contribution is -2.27. The number of nitrogens with zero attached hydrogens (tertiary/aromatic N) is 1. The van der Waals surface area contributed by atoms with Crippen molar-refractivity contribution in [3.05, 3.63) is 47.3 Å². The number of benzene rings is 1. The van der Waals surface area contributed by atoms with Crippen molar-refractivity contribution in [2.45, 2.75) is 6.92 Å². The molecule has 0 unspecified atom stereocenters. The summed E-state index contributed by atoms with van der Waals surface area (Å²) in [6, 6.07) is 4.84. The van der Waals surface area contributed by atoms with E-state index >= 15 is 0 Å². The Morgan fingerprint density at radius 2 is 2.26 bits per heavy atom. The zero-order chi connectivity index (χ0) is 13.8. The minimum absolute atomic E-state index is 0.218. The fraction of sp³-hybridized carbons (Fsp3) is 0.267. The highest BCUT2D eigenvalue weighted by atomic mass is 19.1. The van der Waals surface area contributed by atoms with Crippen LogP contribution in [0.2, 0.25) is 0 Å². The standard InChI is InChI=1S/C15H16FNO2/c1-11-4-3-7-17(8-9-18)15(11)12-5-6-14(19-2)13(16)10-12/h3-6,9-10H,7-8H2,1-2H3. The molecule has 0 N–H and O–H groups in total. The Morgan fingerprint density at radius 1 is 1.47 bits per heavy atom. The van der Waals surface area contributed by atoms with Crippen LogP contribution in [0.5, 0.6) is 5.75 Å². The van der Waals surface area contributed by atoms with Crippen LogP contribution in [-0.4, -0.2) is 31.4 Å². The van der Waals surface area contributed by atoms with Gasteiger partial charge in [0.2, 0.25) is 0 Å². The zero-order valence-electron chi connectivity index (χ0n) is 11.0. The van der Waals surface area contributed by atoms with Crippen LogP contribution in [-0.2, 0) is 4.79 Å². The molecule has 0 bridgehead atoms. The second kappa shape index (κ2) is 5.69. The quantitative estimate of drug-likeness (QED) is 0.780. The van der Waals surface area contributed by atoms with Gasteiger partial charge >= 0.3 is 0 Å². The first kappa shape index (κ1) is 13.3. The third kappa shape index (κ3) is 2.67. The van der Waals surface area contributed by atoms with Gasteiger partial charge in [-0.15, -0.1) is 0 Å². The number of hydrogen-bond acceptors (Lipinski definition) is 3. The molecular formula is C15H16FNO2. The molecule has 100 valence electrons. The van der Waals surface area contributed by atoms with Gasteiger partial charge in [0.15, 0.2) is 11.6 Å². The number of allylic oxidation sites excluding steroid dienone is 2. The molecule has 4 heteroatoms. The molecular weight excluding hydrogens is 245 g/mol. The van der Waals surface area contributed by atoms with E-state index < -0.39 is 5.82 Å². The lowest BCUT2D eigenvalue weighted by atomic mass is 10.0. The van der Waals surface area contributed by atoms with Crippen LogP contribution in [0.15, 0.2) is 35.9 Å². The summed E-state index contributed by atoms with van der Waals surface area (Å²) in [5.41, 5.74) is 2.65. The molecule has 2 rings (SSSR count). The first-order valence-electron chi connectivity index (χ1n) is 6.07. The lowest BCUT2D eigenvalue weighted by molar-refractivity contribution is -0.108. The molecule has 0 amide bonds. The highest BCUT2D eigenvalue weighted by Gasteiger charge is 2.17. The lowest BCUT2D eigenvalue weighted by Gasteiger charge is -2.29. The number of methoxy groups -OCH3 is 1. The fourth-order valence-electron chi connectivity index (χ4n) is 2.26. The third-order valence-electron chi connectivity index (χ3n) is 3.10. The number of halogens is 1. The molecule has 1 aromatic rings. The van der Waals surface area contributed by atoms with Crippen LogP contribution in [0, 0.1) is 5.82 Å². The van der Waals surface area contributed by atoms with Crippen molar-refractivity contribution >= 4 is 12.0 Å². The van der Waals surface area contributed by atoms with E-state index in [0.717, 1.165) is 23.1 Å². The van der Waals surface area contributed by atoms with Crippen LogP contribution >= 0.6 is 0 Å². The average molecular weight is 261 g/mol. The Labute approximate surface area is 112 Å². The van der Waals surface area contributed by atoms with Crippen LogP contribution in [0.4, 0.5) is 4.39 Å². The predicted octanol–water partition coefficient (Wildman–Crippen LogP) is 2.64. The number of ether oxygens (including phenoxy) is 1. The second-order valence-electron chi connectivity index (χ2n) is 4.35. The molecule has 0 saturated carbocycles. The van der Waals surface area contributed by atoms with E-state index in [1.807, 2.05) is 24.0 Å². The first-order valence-corrected chi connectivity index (χ1v) is 6.07. The van der Waals surface area contributed by atoms with Gasteiger partial charge < -0.3 is 14.4 Å². The summed E-state index contributed by atoms with van der Waals surface area (Å²) in [4.78, 5) is 12.7. The Hall–Kier alpha value is -2.10. The highest BCUT2D eigenvalue weighted by molar-refractivity contribution is 5.73. The topological polar surface area (TPSA) is 29.5 Å². The largest absolute Gasteiger partial charge is 0.494 e. The summed E-state index contributed by atoms with van der Waals surface area (Å²) in [6.45, 7) is 2.90. The minimum Gasteiger partial charge on any atom is -0.494 e. The van der Waals surface area contributed by atoms with Crippen molar-refractivity contribution in [1.29, 1.82) is 0 Å². The molecule has 1 heterocycles. The van der Waals surface area contributed by atoms with E-state index in [1.165, 1.54) is 13.2 Å². The number of carbonyl (C=O) groups excluding carboxylic acids is 1. The van der Waals surface area contributed by atoms with Crippen molar-refractivity contribution in [3.63, 3.8) is 0 Å². The molecule has 0 atom stereocenters. The number of rotatable bonds is 4. The van der Waals surface area contributed by atoms with Gasteiger partial charge in [0.25, 0.3) is 0 Å². The molecule has 1 aliphatic heterocycles. The van der Waals surface area contributed by atoms with Gasteiger partial charge in [-0.1, -0.05) is 12.2 Å². The Kier molecular flexibility index (Phi) is 4.00. The SMILES string of the molecule is COc1ccc(C2=C(C)C=CCN2CC=O)cc1F. The van der Waals surface area contributed by atoms with Crippen LogP contribution in [0.1, 0.15) is 12.5 Å². The van der Waals surface area contributed by atoms with E-state index in [1.54, 1.807) is 12.1 Å². The van der Waals surface area contributed by atoms with Crippen molar-refractivity contribution in [3.8, 4) is 5.75 Å². The predicted molar refractivity (Wildman–Crippen MR) is 72.3 cm³/mol. The van der Waals surface area contributed by atoms with Gasteiger partial charge in [-0.3, -0.25) is 0 Å². The summed E-state index contributed by atoms with van der Waals surface area (Å²) in [5, 5.41) is 0. The van der Waals surface area contributed by atoms with Crippen LogP contribution in [0.3, 0.4) is 0 Å². The first-order chi connectivity index (χ1) is 9.17. The normalized spacial score (nSPS) is 14.8. The molecule has 0 saturated heterocycles. The van der Waals surface area contributed by atoms with Gasteiger partial charge in [-0.25, -0.2) is 4.39 Å². The van der Waals surface area contributed by atoms with Gasteiger partial charge in [0.1, 0.15) is 6.29 Å². The summed E-state index contributed by atoms with van der Waals surface area (Å²) >= 11 is 0. The van der Waals surface area contributed by atoms with Crippen LogP contribution in [0.25, 0.3) is 5.70 Å². The molecule has 3 nitrogen and oxygen atoms in total. The van der Waals surface area contributed by atoms with E-state index in [-0.39, 0.29) is 5.75 Å². The van der Waals surface area contributed by atoms with E-state index in [2.05, 4.69) is 0 Å². The Morgan fingerprint density at radius 3 is 2.89 bits per heavy atom. The molecule has 19 heavy (non-hydrogen) atoms. The number of hydrogen-bond donors (Lipinski definition) is 0. The molecule has 1 aliphatic rings. The van der Waals surface area contributed by atoms with Crippen molar-refractivity contribution < 1.29 is 13.9 Å². The second-order valence-corrected chi connectivity index (χ2v) is 4.35. The molecule has 1 aromatic carbocycles. The van der Waals surface area contributed by atoms with Crippen molar-refractivity contribution in [1.82, 2.24) is 4.90 Å². The highest BCUT2D eigenvalue weighted by Crippen LogP contribution is 2.29. The monoisotopic (exact) mass is 261 g/mol. The summed E-state index contributed by atoms with van der Waals surface area (Å²) < 4.78 is 18.7. The third-order valence-corrected chi connectivity index (χ3v) is 3.10.